The van der Waals surface area contributed by atoms with Crippen LogP contribution in [0.25, 0.3) is 0 Å². The summed E-state index contributed by atoms with van der Waals surface area (Å²) in [6, 6.07) is 7.17. The number of phenols is 1. The number of benzene rings is 1. The molecule has 1 N–H and O–H groups in total. The smallest absolute Gasteiger partial charge is 0.146 e. The monoisotopic (exact) mass is 212 g/mol. The van der Waals surface area contributed by atoms with Gasteiger partial charge in [-0.1, -0.05) is 0 Å². The van der Waals surface area contributed by atoms with Crippen LogP contribution in [0, 0.1) is 0 Å². The lowest BCUT2D eigenvalue weighted by atomic mass is 10.3. The fraction of sp³-hybridized carbons (Fsp3) is 0.400. The zero-order valence-corrected chi connectivity index (χ0v) is 8.50. The first-order valence-corrected chi connectivity index (χ1v) is 5.34. The largest absolute Gasteiger partial charge is 0.508 e. The van der Waals surface area contributed by atoms with E-state index in [1.165, 1.54) is 0 Å². The first-order valence-electron chi connectivity index (χ1n) is 4.46. The zero-order valence-electron chi connectivity index (χ0n) is 7.68. The maximum atomic E-state index is 9.10. The molecule has 0 amide bonds. The molecule has 0 aromatic heterocycles. The van der Waals surface area contributed by atoms with Crippen molar-refractivity contribution in [3.8, 4) is 5.75 Å². The van der Waals surface area contributed by atoms with Gasteiger partial charge in [-0.15, -0.1) is 11.8 Å². The van der Waals surface area contributed by atoms with E-state index in [0.29, 0.717) is 17.8 Å². The molecule has 0 spiro atoms. The zero-order chi connectivity index (χ0) is 9.80. The summed E-state index contributed by atoms with van der Waals surface area (Å²) in [4.78, 5) is 1.13. The van der Waals surface area contributed by atoms with Gasteiger partial charge in [-0.2, -0.15) is 0 Å². The fourth-order valence-corrected chi connectivity index (χ4v) is 2.26. The van der Waals surface area contributed by atoms with Crippen molar-refractivity contribution >= 4 is 11.8 Å². The van der Waals surface area contributed by atoms with Crippen LogP contribution in [-0.4, -0.2) is 30.4 Å². The molecule has 14 heavy (non-hydrogen) atoms. The minimum atomic E-state index is 0.297. The Morgan fingerprint density at radius 2 is 1.79 bits per heavy atom. The lowest BCUT2D eigenvalue weighted by Gasteiger charge is -2.21. The summed E-state index contributed by atoms with van der Waals surface area (Å²) >= 11 is 1.71. The van der Waals surface area contributed by atoms with Crippen molar-refractivity contribution in [1.82, 2.24) is 0 Å². The van der Waals surface area contributed by atoms with Crippen LogP contribution in [0.3, 0.4) is 0 Å². The molecule has 1 aliphatic rings. The number of rotatable bonds is 2. The molecule has 0 saturated carbocycles. The molecule has 2 rings (SSSR count). The van der Waals surface area contributed by atoms with Crippen molar-refractivity contribution in [2.45, 2.75) is 10.1 Å². The molecule has 1 aromatic carbocycles. The van der Waals surface area contributed by atoms with E-state index in [-0.39, 0.29) is 0 Å². The number of thioether (sulfide) groups is 1. The predicted octanol–water partition coefficient (Wildman–Crippen LogP) is 1.86. The Bertz CT molecular complexity index is 280. The van der Waals surface area contributed by atoms with E-state index in [9.17, 15) is 0 Å². The average molecular weight is 212 g/mol. The van der Waals surface area contributed by atoms with E-state index in [4.69, 9.17) is 14.6 Å². The van der Waals surface area contributed by atoms with E-state index in [2.05, 4.69) is 0 Å². The van der Waals surface area contributed by atoms with Gasteiger partial charge in [-0.05, 0) is 24.3 Å². The molecule has 1 fully saturated rings. The maximum absolute atomic E-state index is 9.10. The molecule has 1 saturated heterocycles. The van der Waals surface area contributed by atoms with E-state index in [0.717, 1.165) is 18.1 Å². The first kappa shape index (κ1) is 9.83. The number of hydrogen-bond donors (Lipinski definition) is 1. The third kappa shape index (κ3) is 2.64. The van der Waals surface area contributed by atoms with Crippen molar-refractivity contribution in [3.63, 3.8) is 0 Å². The molecule has 1 heterocycles. The summed E-state index contributed by atoms with van der Waals surface area (Å²) in [6.07, 6.45) is 0. The molecule has 1 aromatic rings. The second kappa shape index (κ2) is 4.68. The molecular formula is C10H12O3S. The van der Waals surface area contributed by atoms with Gasteiger partial charge < -0.3 is 14.6 Å². The van der Waals surface area contributed by atoms with Gasteiger partial charge in [-0.3, -0.25) is 0 Å². The molecule has 76 valence electrons. The van der Waals surface area contributed by atoms with Crippen LogP contribution in [-0.2, 0) is 9.47 Å². The molecule has 0 bridgehead atoms. The number of phenolic OH excluding ortho intramolecular Hbond substituents is 1. The van der Waals surface area contributed by atoms with E-state index in [1.807, 2.05) is 12.1 Å². The highest BCUT2D eigenvalue weighted by Crippen LogP contribution is 2.26. The molecule has 1 aliphatic heterocycles. The van der Waals surface area contributed by atoms with Gasteiger partial charge in [-0.25, -0.2) is 0 Å². The summed E-state index contributed by atoms with van der Waals surface area (Å²) < 4.78 is 10.4. The summed E-state index contributed by atoms with van der Waals surface area (Å²) in [5.74, 6) is 0.297. The van der Waals surface area contributed by atoms with E-state index in [1.54, 1.807) is 23.9 Å². The van der Waals surface area contributed by atoms with E-state index < -0.39 is 0 Å². The third-order valence-electron chi connectivity index (χ3n) is 1.91. The normalized spacial score (nSPS) is 18.3. The topological polar surface area (TPSA) is 38.7 Å². The summed E-state index contributed by atoms with van der Waals surface area (Å²) in [6.45, 7) is 1.86. The summed E-state index contributed by atoms with van der Waals surface area (Å²) in [5.41, 5.74) is 0. The second-order valence-corrected chi connectivity index (χ2v) is 4.47. The molecular weight excluding hydrogens is 200 g/mol. The lowest BCUT2D eigenvalue weighted by Crippen LogP contribution is -2.26. The van der Waals surface area contributed by atoms with Crippen molar-refractivity contribution in [2.24, 2.45) is 0 Å². The van der Waals surface area contributed by atoms with Crippen LogP contribution in [0.2, 0.25) is 0 Å². The molecule has 0 unspecified atom stereocenters. The molecule has 0 aliphatic carbocycles. The highest BCUT2D eigenvalue weighted by Gasteiger charge is 2.15. The van der Waals surface area contributed by atoms with Crippen molar-refractivity contribution in [2.75, 3.05) is 20.0 Å². The van der Waals surface area contributed by atoms with Crippen LogP contribution in [0.15, 0.2) is 29.2 Å². The Hall–Kier alpha value is -0.710. The van der Waals surface area contributed by atoms with Gasteiger partial charge in [0.05, 0.1) is 18.5 Å². The van der Waals surface area contributed by atoms with Gasteiger partial charge in [0.2, 0.25) is 0 Å². The molecule has 3 nitrogen and oxygen atoms in total. The summed E-state index contributed by atoms with van der Waals surface area (Å²) in [7, 11) is 0. The van der Waals surface area contributed by atoms with Crippen LogP contribution >= 0.6 is 11.8 Å². The molecule has 4 heteroatoms. The Kier molecular flexibility index (Phi) is 3.29. The maximum Gasteiger partial charge on any atom is 0.146 e. The highest BCUT2D eigenvalue weighted by atomic mass is 32.2. The van der Waals surface area contributed by atoms with Crippen molar-refractivity contribution < 1.29 is 14.6 Å². The van der Waals surface area contributed by atoms with Gasteiger partial charge in [0, 0.05) is 4.90 Å². The van der Waals surface area contributed by atoms with Crippen LogP contribution < -0.4 is 0 Å². The van der Waals surface area contributed by atoms with Crippen molar-refractivity contribution in [3.05, 3.63) is 24.3 Å². The highest BCUT2D eigenvalue weighted by molar-refractivity contribution is 8.00. The van der Waals surface area contributed by atoms with Gasteiger partial charge in [0.15, 0.2) is 0 Å². The number of aromatic hydroxyl groups is 1. The van der Waals surface area contributed by atoms with Gasteiger partial charge in [0.25, 0.3) is 0 Å². The second-order valence-electron chi connectivity index (χ2n) is 3.09. The van der Waals surface area contributed by atoms with Crippen LogP contribution in [0.4, 0.5) is 0 Å². The Balaban J connectivity index is 1.92. The fourth-order valence-electron chi connectivity index (χ4n) is 1.25. The minimum Gasteiger partial charge on any atom is -0.508 e. The molecule has 0 radical (unpaired) electrons. The third-order valence-corrected chi connectivity index (χ3v) is 3.06. The van der Waals surface area contributed by atoms with Gasteiger partial charge in [0.1, 0.15) is 12.5 Å². The van der Waals surface area contributed by atoms with E-state index >= 15 is 0 Å². The standard InChI is InChI=1S/C10H12O3S/c11-8-1-3-9(4-2-8)14-10-5-12-7-13-6-10/h1-4,10-11H,5-7H2. The Morgan fingerprint density at radius 3 is 2.43 bits per heavy atom. The Morgan fingerprint density at radius 1 is 1.14 bits per heavy atom. The van der Waals surface area contributed by atoms with Crippen LogP contribution in [0.5, 0.6) is 5.75 Å². The Labute approximate surface area is 87.0 Å². The van der Waals surface area contributed by atoms with Crippen molar-refractivity contribution in [1.29, 1.82) is 0 Å². The first-order chi connectivity index (χ1) is 6.84. The lowest BCUT2D eigenvalue weighted by molar-refractivity contribution is -0.0925. The predicted molar refractivity (Wildman–Crippen MR) is 54.5 cm³/mol. The molecule has 0 atom stereocenters. The van der Waals surface area contributed by atoms with Gasteiger partial charge >= 0.3 is 0 Å². The quantitative estimate of drug-likeness (QED) is 0.812. The SMILES string of the molecule is Oc1ccc(SC2COCOC2)cc1. The average Bonchev–Trinajstić information content (AvgIpc) is 2.23. The number of hydrogen-bond acceptors (Lipinski definition) is 4. The minimum absolute atomic E-state index is 0.297. The summed E-state index contributed by atoms with van der Waals surface area (Å²) in [5, 5.41) is 9.46. The number of ether oxygens (including phenoxy) is 2. The van der Waals surface area contributed by atoms with Crippen LogP contribution in [0.1, 0.15) is 0 Å².